The summed E-state index contributed by atoms with van der Waals surface area (Å²) in [7, 11) is 0. The number of fused-ring (bicyclic) bond motifs is 1. The van der Waals surface area contributed by atoms with E-state index in [1.54, 1.807) is 25.4 Å². The highest BCUT2D eigenvalue weighted by molar-refractivity contribution is 5.78. The number of hydrogen-bond donors (Lipinski definition) is 0. The number of halogens is 1. The van der Waals surface area contributed by atoms with Crippen molar-refractivity contribution in [2.45, 2.75) is 31.9 Å². The molecule has 2 atom stereocenters. The van der Waals surface area contributed by atoms with Gasteiger partial charge in [0.15, 0.2) is 0 Å². The van der Waals surface area contributed by atoms with E-state index in [0.29, 0.717) is 37.8 Å². The first-order valence-electron chi connectivity index (χ1n) is 11.4. The van der Waals surface area contributed by atoms with Crippen molar-refractivity contribution >= 4 is 11.6 Å². The van der Waals surface area contributed by atoms with Crippen molar-refractivity contribution in [2.75, 3.05) is 32.8 Å². The van der Waals surface area contributed by atoms with Gasteiger partial charge in [0.1, 0.15) is 12.1 Å². The minimum Gasteiger partial charge on any atom is -0.372 e. The molecule has 0 N–H and O–H groups in total. The molecule has 1 aromatic carbocycles. The average molecular weight is 478 g/mol. The van der Waals surface area contributed by atoms with Crippen molar-refractivity contribution in [3.63, 3.8) is 0 Å². The maximum absolute atomic E-state index is 14.0. The lowest BCUT2D eigenvalue weighted by Crippen LogP contribution is -2.55. The maximum atomic E-state index is 14.0. The molecule has 3 aromatic rings. The van der Waals surface area contributed by atoms with E-state index in [9.17, 15) is 9.18 Å². The van der Waals surface area contributed by atoms with Gasteiger partial charge >= 0.3 is 0 Å². The van der Waals surface area contributed by atoms with Crippen LogP contribution in [0.1, 0.15) is 29.2 Å². The number of ether oxygens (including phenoxy) is 1. The lowest BCUT2D eigenvalue weighted by atomic mass is 10.00. The number of aromatic nitrogens is 6. The number of rotatable bonds is 4. The fourth-order valence-electron chi connectivity index (χ4n) is 4.70. The third-order valence-electron chi connectivity index (χ3n) is 6.61. The molecular formula is C23H24FN9O2. The van der Waals surface area contributed by atoms with Crippen molar-refractivity contribution in [3.05, 3.63) is 64.8 Å². The standard InChI is InChI=1S/C23H24FN9O2/c1-15-18(3-4-19(24)22(15)25-2)20-13-31-6-7-32(12-17(31)5-8-35-20)21(34)9-16-10-26-23(27-11-16)33-14-28-29-30-33/h3-4,10-11,14,17,20H,5-9,12-13H2,1H3. The Hall–Kier alpha value is -3.82. The zero-order chi connectivity index (χ0) is 24.4. The molecule has 0 bridgehead atoms. The molecule has 2 aromatic heterocycles. The van der Waals surface area contributed by atoms with E-state index < -0.39 is 5.82 Å². The van der Waals surface area contributed by atoms with Crippen LogP contribution in [0, 0.1) is 19.3 Å². The van der Waals surface area contributed by atoms with Crippen molar-refractivity contribution < 1.29 is 13.9 Å². The van der Waals surface area contributed by atoms with Crippen molar-refractivity contribution in [3.8, 4) is 5.95 Å². The zero-order valence-corrected chi connectivity index (χ0v) is 19.2. The Bertz CT molecular complexity index is 1240. The van der Waals surface area contributed by atoms with E-state index in [2.05, 4.69) is 35.2 Å². The van der Waals surface area contributed by atoms with Crippen LogP contribution in [0.25, 0.3) is 10.8 Å². The van der Waals surface area contributed by atoms with Crippen LogP contribution in [0.3, 0.4) is 0 Å². The second-order valence-corrected chi connectivity index (χ2v) is 8.68. The Morgan fingerprint density at radius 2 is 2.09 bits per heavy atom. The summed E-state index contributed by atoms with van der Waals surface area (Å²) in [5, 5.41) is 10.9. The summed E-state index contributed by atoms with van der Waals surface area (Å²) in [6.45, 7) is 12.2. The number of tetrazole rings is 1. The molecular weight excluding hydrogens is 453 g/mol. The molecule has 2 aliphatic heterocycles. The lowest BCUT2D eigenvalue weighted by Gasteiger charge is -2.41. The van der Waals surface area contributed by atoms with E-state index in [0.717, 1.165) is 24.1 Å². The van der Waals surface area contributed by atoms with Crippen molar-refractivity contribution in [1.29, 1.82) is 0 Å². The fourth-order valence-corrected chi connectivity index (χ4v) is 4.70. The monoisotopic (exact) mass is 477 g/mol. The first kappa shape index (κ1) is 22.9. The second kappa shape index (κ2) is 9.81. The van der Waals surface area contributed by atoms with Gasteiger partial charge in [0.2, 0.25) is 11.6 Å². The number of piperazine rings is 1. The van der Waals surface area contributed by atoms with Gasteiger partial charge in [0.25, 0.3) is 5.95 Å². The topological polar surface area (TPSA) is 107 Å². The number of nitrogens with zero attached hydrogens (tertiary/aromatic N) is 9. The Labute approximate surface area is 201 Å². The molecule has 35 heavy (non-hydrogen) atoms. The van der Waals surface area contributed by atoms with Crippen LogP contribution < -0.4 is 0 Å². The Balaban J connectivity index is 1.22. The van der Waals surface area contributed by atoms with Crippen LogP contribution >= 0.6 is 0 Å². The van der Waals surface area contributed by atoms with Crippen molar-refractivity contribution in [2.24, 2.45) is 0 Å². The van der Waals surface area contributed by atoms with Gasteiger partial charge in [0, 0.05) is 51.2 Å². The molecule has 5 rings (SSSR count). The summed E-state index contributed by atoms with van der Waals surface area (Å²) in [6, 6.07) is 3.24. The van der Waals surface area contributed by atoms with Gasteiger partial charge in [-0.15, -0.1) is 5.10 Å². The zero-order valence-electron chi connectivity index (χ0n) is 19.2. The van der Waals surface area contributed by atoms with E-state index in [4.69, 9.17) is 11.3 Å². The molecule has 0 radical (unpaired) electrons. The highest BCUT2D eigenvalue weighted by Crippen LogP contribution is 2.33. The summed E-state index contributed by atoms with van der Waals surface area (Å²) in [6.07, 6.45) is 5.41. The molecule has 4 heterocycles. The Kier molecular flexibility index (Phi) is 6.43. The predicted molar refractivity (Wildman–Crippen MR) is 121 cm³/mol. The largest absolute Gasteiger partial charge is 0.372 e. The van der Waals surface area contributed by atoms with Gasteiger partial charge in [-0.3, -0.25) is 9.69 Å². The fraction of sp³-hybridized carbons (Fsp3) is 0.435. The molecule has 2 fully saturated rings. The number of benzene rings is 1. The van der Waals surface area contributed by atoms with Gasteiger partial charge in [-0.2, -0.15) is 4.68 Å². The molecule has 12 heteroatoms. The predicted octanol–water partition coefficient (Wildman–Crippen LogP) is 1.67. The van der Waals surface area contributed by atoms with Gasteiger partial charge in [-0.05, 0) is 46.5 Å². The number of hydrogen-bond acceptors (Lipinski definition) is 8. The van der Waals surface area contributed by atoms with Crippen LogP contribution in [0.4, 0.5) is 10.1 Å². The third kappa shape index (κ3) is 4.73. The van der Waals surface area contributed by atoms with Gasteiger partial charge in [-0.1, -0.05) is 6.07 Å². The normalized spacial score (nSPS) is 20.7. The summed E-state index contributed by atoms with van der Waals surface area (Å²) < 4.78 is 21.5. The van der Waals surface area contributed by atoms with Crippen LogP contribution in [0.5, 0.6) is 0 Å². The highest BCUT2D eigenvalue weighted by Gasteiger charge is 2.34. The van der Waals surface area contributed by atoms with Crippen molar-refractivity contribution in [1.82, 2.24) is 40.0 Å². The second-order valence-electron chi connectivity index (χ2n) is 8.68. The van der Waals surface area contributed by atoms with Gasteiger partial charge in [-0.25, -0.2) is 19.2 Å². The first-order chi connectivity index (χ1) is 17.0. The Morgan fingerprint density at radius 1 is 1.26 bits per heavy atom. The van der Waals surface area contributed by atoms with Gasteiger partial charge in [0.05, 0.1) is 19.1 Å². The van der Waals surface area contributed by atoms with Crippen LogP contribution in [-0.4, -0.2) is 84.7 Å². The van der Waals surface area contributed by atoms with E-state index in [-0.39, 0.29) is 30.2 Å². The summed E-state index contributed by atoms with van der Waals surface area (Å²) >= 11 is 0. The quantitative estimate of drug-likeness (QED) is 0.523. The van der Waals surface area contributed by atoms with Crippen LogP contribution in [0.15, 0.2) is 30.9 Å². The average Bonchev–Trinajstić information content (AvgIpc) is 3.32. The molecule has 0 saturated carbocycles. The van der Waals surface area contributed by atoms with Crippen LogP contribution in [0.2, 0.25) is 0 Å². The summed E-state index contributed by atoms with van der Waals surface area (Å²) in [5.74, 6) is -0.135. The first-order valence-corrected chi connectivity index (χ1v) is 11.4. The van der Waals surface area contributed by atoms with E-state index in [1.165, 1.54) is 17.1 Å². The van der Waals surface area contributed by atoms with E-state index in [1.807, 2.05) is 4.90 Å². The minimum atomic E-state index is -0.504. The molecule has 1 amide bonds. The van der Waals surface area contributed by atoms with Crippen LogP contribution in [-0.2, 0) is 16.0 Å². The molecule has 0 aliphatic carbocycles. The Morgan fingerprint density at radius 3 is 2.83 bits per heavy atom. The SMILES string of the molecule is [C-]#[N+]c1c(F)ccc(C2CN3CCN(C(=O)Cc4cnc(-n5cnnn5)nc4)CC3CCO2)c1C. The summed E-state index contributed by atoms with van der Waals surface area (Å²) in [5.41, 5.74) is 2.26. The molecule has 0 spiro atoms. The minimum absolute atomic E-state index is 0.0289. The molecule has 180 valence electrons. The highest BCUT2D eigenvalue weighted by atomic mass is 19.1. The third-order valence-corrected chi connectivity index (χ3v) is 6.61. The number of carbonyl (C=O) groups excluding carboxylic acids is 1. The molecule has 11 nitrogen and oxygen atoms in total. The molecule has 2 unspecified atom stereocenters. The summed E-state index contributed by atoms with van der Waals surface area (Å²) in [4.78, 5) is 29.0. The van der Waals surface area contributed by atoms with Gasteiger partial charge < -0.3 is 9.64 Å². The molecule has 2 saturated heterocycles. The maximum Gasteiger partial charge on any atom is 0.253 e. The van der Waals surface area contributed by atoms with E-state index >= 15 is 0 Å². The number of amides is 1. The smallest absolute Gasteiger partial charge is 0.253 e. The number of carbonyl (C=O) groups is 1. The lowest BCUT2D eigenvalue weighted by molar-refractivity contribution is -0.133. The molecule has 2 aliphatic rings.